The Hall–Kier alpha value is -2.49. The lowest BCUT2D eigenvalue weighted by Gasteiger charge is -2.09. The van der Waals surface area contributed by atoms with E-state index in [1.165, 1.54) is 0 Å². The van der Waals surface area contributed by atoms with Crippen LogP contribution in [0.2, 0.25) is 0 Å². The Morgan fingerprint density at radius 1 is 1.14 bits per heavy atom. The van der Waals surface area contributed by atoms with Crippen LogP contribution >= 0.6 is 0 Å². The monoisotopic (exact) mass is 295 g/mol. The second-order valence-electron chi connectivity index (χ2n) is 5.62. The van der Waals surface area contributed by atoms with Crippen molar-refractivity contribution in [2.75, 3.05) is 5.73 Å². The van der Waals surface area contributed by atoms with E-state index in [0.29, 0.717) is 0 Å². The normalized spacial score (nSPS) is 11.3. The maximum Gasteiger partial charge on any atom is 0.141 e. The quantitative estimate of drug-likeness (QED) is 0.737. The van der Waals surface area contributed by atoms with Crippen LogP contribution in [-0.2, 0) is 6.54 Å². The van der Waals surface area contributed by atoms with Gasteiger partial charge in [-0.2, -0.15) is 0 Å². The zero-order valence-corrected chi connectivity index (χ0v) is 13.2. The van der Waals surface area contributed by atoms with Crippen molar-refractivity contribution in [1.82, 2.24) is 9.55 Å². The van der Waals surface area contributed by atoms with Crippen LogP contribution in [0.1, 0.15) is 20.8 Å². The van der Waals surface area contributed by atoms with E-state index in [1.54, 1.807) is 0 Å². The number of nitrogen functional groups attached to an aromatic ring is 1. The number of imidazole rings is 1. The van der Waals surface area contributed by atoms with Gasteiger partial charge in [0.2, 0.25) is 0 Å². The minimum atomic E-state index is 0.155. The van der Waals surface area contributed by atoms with E-state index >= 15 is 0 Å². The number of hydrogen-bond acceptors (Lipinski definition) is 3. The molecule has 2 aromatic carbocycles. The molecule has 0 bridgehead atoms. The summed E-state index contributed by atoms with van der Waals surface area (Å²) in [6.45, 7) is 7.03. The number of fused-ring (bicyclic) bond motifs is 1. The van der Waals surface area contributed by atoms with Crippen molar-refractivity contribution < 1.29 is 4.74 Å². The average molecular weight is 295 g/mol. The van der Waals surface area contributed by atoms with Gasteiger partial charge in [-0.3, -0.25) is 0 Å². The molecule has 2 N–H and O–H groups in total. The Morgan fingerprint density at radius 3 is 2.50 bits per heavy atom. The van der Waals surface area contributed by atoms with Crippen molar-refractivity contribution in [2.24, 2.45) is 0 Å². The van der Waals surface area contributed by atoms with Crippen LogP contribution < -0.4 is 10.5 Å². The molecular weight excluding hydrogens is 274 g/mol. The summed E-state index contributed by atoms with van der Waals surface area (Å²) in [5.74, 6) is 1.81. The van der Waals surface area contributed by atoms with Crippen molar-refractivity contribution in [1.29, 1.82) is 0 Å². The van der Waals surface area contributed by atoms with E-state index in [-0.39, 0.29) is 6.10 Å². The third-order valence-electron chi connectivity index (χ3n) is 3.58. The highest BCUT2D eigenvalue weighted by atomic mass is 16.5. The van der Waals surface area contributed by atoms with Crippen LogP contribution in [-0.4, -0.2) is 15.7 Å². The van der Waals surface area contributed by atoms with Crippen LogP contribution in [0.3, 0.4) is 0 Å². The number of ether oxygens (including phenoxy) is 1. The average Bonchev–Trinajstić information content (AvgIpc) is 2.85. The molecule has 4 nitrogen and oxygen atoms in total. The van der Waals surface area contributed by atoms with Gasteiger partial charge in [0.1, 0.15) is 11.6 Å². The van der Waals surface area contributed by atoms with Crippen LogP contribution in [0.4, 0.5) is 5.69 Å². The number of benzene rings is 2. The number of hydrogen-bond donors (Lipinski definition) is 1. The Kier molecular flexibility index (Phi) is 3.75. The fourth-order valence-electron chi connectivity index (χ4n) is 2.63. The summed E-state index contributed by atoms with van der Waals surface area (Å²) in [7, 11) is 0. The number of aromatic nitrogens is 2. The molecule has 0 spiro atoms. The summed E-state index contributed by atoms with van der Waals surface area (Å²) >= 11 is 0. The van der Waals surface area contributed by atoms with Gasteiger partial charge in [0.25, 0.3) is 0 Å². The Morgan fingerprint density at radius 2 is 1.86 bits per heavy atom. The molecule has 0 aliphatic rings. The predicted molar refractivity (Wildman–Crippen MR) is 91.0 cm³/mol. The highest BCUT2D eigenvalue weighted by Crippen LogP contribution is 2.28. The standard InChI is InChI=1S/C18H21N3O/c1-4-21-17-10-9-15(22-12(2)3)11-16(17)20-18(21)13-5-7-14(19)8-6-13/h5-12H,4,19H2,1-3H3. The third kappa shape index (κ3) is 2.64. The topological polar surface area (TPSA) is 53.1 Å². The Bertz CT molecular complexity index is 788. The lowest BCUT2D eigenvalue weighted by molar-refractivity contribution is 0.242. The van der Waals surface area contributed by atoms with Crippen LogP contribution in [0.15, 0.2) is 42.5 Å². The van der Waals surface area contributed by atoms with E-state index < -0.39 is 0 Å². The van der Waals surface area contributed by atoms with Gasteiger partial charge >= 0.3 is 0 Å². The molecule has 0 radical (unpaired) electrons. The fraction of sp³-hybridized carbons (Fsp3) is 0.278. The molecule has 0 unspecified atom stereocenters. The maximum absolute atomic E-state index is 5.77. The molecular formula is C18H21N3O. The molecule has 0 fully saturated rings. The molecule has 0 amide bonds. The number of rotatable bonds is 4. The van der Waals surface area contributed by atoms with E-state index in [9.17, 15) is 0 Å². The lowest BCUT2D eigenvalue weighted by Crippen LogP contribution is -2.05. The van der Waals surface area contributed by atoms with Gasteiger partial charge in [0.15, 0.2) is 0 Å². The smallest absolute Gasteiger partial charge is 0.141 e. The highest BCUT2D eigenvalue weighted by Gasteiger charge is 2.12. The number of anilines is 1. The summed E-state index contributed by atoms with van der Waals surface area (Å²) in [5.41, 5.74) is 9.67. The van der Waals surface area contributed by atoms with Gasteiger partial charge in [-0.25, -0.2) is 4.98 Å². The molecule has 1 heterocycles. The SMILES string of the molecule is CCn1c(-c2ccc(N)cc2)nc2cc(OC(C)C)ccc21. The molecule has 0 aliphatic heterocycles. The minimum absolute atomic E-state index is 0.155. The summed E-state index contributed by atoms with van der Waals surface area (Å²) in [5, 5.41) is 0. The van der Waals surface area contributed by atoms with Crippen molar-refractivity contribution >= 4 is 16.7 Å². The summed E-state index contributed by atoms with van der Waals surface area (Å²) < 4.78 is 7.97. The first-order chi connectivity index (χ1) is 10.6. The van der Waals surface area contributed by atoms with Gasteiger partial charge in [-0.05, 0) is 57.2 Å². The van der Waals surface area contributed by atoms with Crippen molar-refractivity contribution in [3.63, 3.8) is 0 Å². The first kappa shape index (κ1) is 14.4. The second kappa shape index (κ2) is 5.72. The third-order valence-corrected chi connectivity index (χ3v) is 3.58. The number of aryl methyl sites for hydroxylation is 1. The number of nitrogens with zero attached hydrogens (tertiary/aromatic N) is 2. The fourth-order valence-corrected chi connectivity index (χ4v) is 2.63. The van der Waals surface area contributed by atoms with Crippen molar-refractivity contribution in [2.45, 2.75) is 33.4 Å². The number of nitrogens with two attached hydrogens (primary N) is 1. The van der Waals surface area contributed by atoms with Crippen LogP contribution in [0, 0.1) is 0 Å². The molecule has 22 heavy (non-hydrogen) atoms. The highest BCUT2D eigenvalue weighted by molar-refractivity contribution is 5.82. The molecule has 0 aliphatic carbocycles. The van der Waals surface area contributed by atoms with E-state index in [1.807, 2.05) is 50.2 Å². The molecule has 3 rings (SSSR count). The maximum atomic E-state index is 5.77. The van der Waals surface area contributed by atoms with Crippen molar-refractivity contribution in [3.8, 4) is 17.1 Å². The zero-order chi connectivity index (χ0) is 15.7. The lowest BCUT2D eigenvalue weighted by atomic mass is 10.2. The van der Waals surface area contributed by atoms with Gasteiger partial charge in [-0.15, -0.1) is 0 Å². The van der Waals surface area contributed by atoms with E-state index in [2.05, 4.69) is 17.6 Å². The molecule has 0 atom stereocenters. The first-order valence-electron chi connectivity index (χ1n) is 7.61. The summed E-state index contributed by atoms with van der Waals surface area (Å²) in [6, 6.07) is 13.9. The Balaban J connectivity index is 2.12. The van der Waals surface area contributed by atoms with Crippen LogP contribution in [0.25, 0.3) is 22.4 Å². The van der Waals surface area contributed by atoms with Gasteiger partial charge in [0, 0.05) is 23.9 Å². The molecule has 114 valence electrons. The molecule has 1 aromatic heterocycles. The molecule has 3 aromatic rings. The zero-order valence-electron chi connectivity index (χ0n) is 13.2. The van der Waals surface area contributed by atoms with Crippen LogP contribution in [0.5, 0.6) is 5.75 Å². The van der Waals surface area contributed by atoms with E-state index in [4.69, 9.17) is 15.5 Å². The summed E-state index contributed by atoms with van der Waals surface area (Å²) in [4.78, 5) is 4.79. The van der Waals surface area contributed by atoms with Crippen molar-refractivity contribution in [3.05, 3.63) is 42.5 Å². The van der Waals surface area contributed by atoms with Gasteiger partial charge < -0.3 is 15.0 Å². The first-order valence-corrected chi connectivity index (χ1v) is 7.61. The van der Waals surface area contributed by atoms with Gasteiger partial charge in [0.05, 0.1) is 17.1 Å². The molecule has 4 heteroatoms. The largest absolute Gasteiger partial charge is 0.491 e. The molecule has 0 saturated carbocycles. The minimum Gasteiger partial charge on any atom is -0.491 e. The van der Waals surface area contributed by atoms with Gasteiger partial charge in [-0.1, -0.05) is 0 Å². The summed E-state index contributed by atoms with van der Waals surface area (Å²) in [6.07, 6.45) is 0.155. The second-order valence-corrected chi connectivity index (χ2v) is 5.62. The Labute approximate surface area is 130 Å². The molecule has 0 saturated heterocycles. The predicted octanol–water partition coefficient (Wildman–Crippen LogP) is 4.09. The van der Waals surface area contributed by atoms with E-state index in [0.717, 1.165) is 40.4 Å².